The van der Waals surface area contributed by atoms with Gasteiger partial charge in [-0.1, -0.05) is 13.0 Å². The van der Waals surface area contributed by atoms with E-state index in [1.807, 2.05) is 6.20 Å². The minimum atomic E-state index is -0.765. The molecule has 29 heavy (non-hydrogen) atoms. The molecule has 1 spiro atoms. The van der Waals surface area contributed by atoms with Crippen molar-refractivity contribution < 1.29 is 29.1 Å². The number of carbonyl (C=O) groups is 2. The lowest BCUT2D eigenvalue weighted by molar-refractivity contribution is -0.125. The molecule has 1 saturated carbocycles. The minimum absolute atomic E-state index is 0.0463. The van der Waals surface area contributed by atoms with Crippen LogP contribution in [0.2, 0.25) is 0 Å². The summed E-state index contributed by atoms with van der Waals surface area (Å²) in [6.07, 6.45) is 7.16. The third kappa shape index (κ3) is 3.16. The number of rotatable bonds is 2. The Kier molecular flexibility index (Phi) is 4.47. The Morgan fingerprint density at radius 3 is 3.10 bits per heavy atom. The highest BCUT2D eigenvalue weighted by atomic mass is 16.7. The summed E-state index contributed by atoms with van der Waals surface area (Å²) in [5, 5.41) is 14.4. The monoisotopic (exact) mass is 405 g/mol. The number of hydroxylamine groups is 3. The van der Waals surface area contributed by atoms with Crippen LogP contribution in [0.4, 0.5) is 4.79 Å². The lowest BCUT2D eigenvalue weighted by Crippen LogP contribution is -2.44. The normalized spacial score (nSPS) is 40.6. The van der Waals surface area contributed by atoms with Crippen molar-refractivity contribution in [1.29, 1.82) is 0 Å². The van der Waals surface area contributed by atoms with Gasteiger partial charge >= 0.3 is 6.09 Å². The van der Waals surface area contributed by atoms with Crippen LogP contribution in [0.5, 0.6) is 0 Å². The standard InChI is InChI=1S/C20H27N3O6/c1-11-2-3-16-20(8-11)4-5-23(29-19(26)21-14-10-27-22-18(14)25)9-12-6-13(24)7-15(28-16)17(12)20/h4-5,11-14,16,24H,2-3,6-10H2,1H3,(H,21,26)(H,22,25)/t11?,12-,13-,14+,16-,20?/m1/s1. The van der Waals surface area contributed by atoms with E-state index in [0.29, 0.717) is 25.3 Å². The molecule has 3 aliphatic heterocycles. The van der Waals surface area contributed by atoms with Crippen molar-refractivity contribution in [3.05, 3.63) is 23.6 Å². The molecule has 0 aromatic heterocycles. The first kappa shape index (κ1) is 18.7. The van der Waals surface area contributed by atoms with E-state index in [4.69, 9.17) is 14.4 Å². The van der Waals surface area contributed by atoms with Gasteiger partial charge in [0.05, 0.1) is 23.8 Å². The molecule has 2 aliphatic carbocycles. The van der Waals surface area contributed by atoms with Crippen LogP contribution in [0, 0.1) is 17.3 Å². The first-order valence-corrected chi connectivity index (χ1v) is 10.4. The van der Waals surface area contributed by atoms with E-state index in [-0.39, 0.29) is 24.0 Å². The lowest BCUT2D eigenvalue weighted by atomic mass is 9.61. The number of nitrogens with zero attached hydrogens (tertiary/aromatic N) is 1. The molecule has 2 unspecified atom stereocenters. The molecule has 0 radical (unpaired) electrons. The Bertz CT molecular complexity index is 782. The molecule has 0 aromatic rings. The van der Waals surface area contributed by atoms with Gasteiger partial charge in [-0.05, 0) is 37.2 Å². The van der Waals surface area contributed by atoms with Crippen molar-refractivity contribution in [3.8, 4) is 0 Å². The molecule has 5 rings (SSSR count). The molecular weight excluding hydrogens is 378 g/mol. The third-order valence-corrected chi connectivity index (χ3v) is 6.82. The summed E-state index contributed by atoms with van der Waals surface area (Å²) in [6.45, 7) is 2.78. The van der Waals surface area contributed by atoms with Gasteiger partial charge in [0, 0.05) is 18.5 Å². The Morgan fingerprint density at radius 2 is 2.31 bits per heavy atom. The SMILES string of the molecule is CC1CC[C@H]2OC3=C4[C@H](C[C@@H](O)C3)CN(OC(=O)N[C@H]3CONC3=O)C=CC42C1. The Hall–Kier alpha value is -2.26. The molecule has 1 saturated heterocycles. The maximum Gasteiger partial charge on any atom is 0.432 e. The van der Waals surface area contributed by atoms with Gasteiger partial charge in [-0.15, -0.1) is 0 Å². The Morgan fingerprint density at radius 1 is 1.45 bits per heavy atom. The highest BCUT2D eigenvalue weighted by molar-refractivity contribution is 5.86. The quantitative estimate of drug-likeness (QED) is 0.632. The fourth-order valence-electron chi connectivity index (χ4n) is 5.67. The van der Waals surface area contributed by atoms with E-state index in [1.165, 1.54) is 10.6 Å². The minimum Gasteiger partial charge on any atom is -0.493 e. The number of hydrogen-bond donors (Lipinski definition) is 3. The van der Waals surface area contributed by atoms with Crippen molar-refractivity contribution >= 4 is 12.0 Å². The summed E-state index contributed by atoms with van der Waals surface area (Å²) in [5.74, 6) is 1.16. The average Bonchev–Trinajstić information content (AvgIpc) is 3.15. The fourth-order valence-corrected chi connectivity index (χ4v) is 5.67. The van der Waals surface area contributed by atoms with Gasteiger partial charge in [0.25, 0.3) is 5.91 Å². The second kappa shape index (κ2) is 6.91. The summed E-state index contributed by atoms with van der Waals surface area (Å²) in [7, 11) is 0. The number of ether oxygens (including phenoxy) is 1. The molecule has 0 aromatic carbocycles. The molecule has 3 N–H and O–H groups in total. The lowest BCUT2D eigenvalue weighted by Gasteiger charge is -2.41. The summed E-state index contributed by atoms with van der Waals surface area (Å²) in [4.78, 5) is 34.2. The van der Waals surface area contributed by atoms with Gasteiger partial charge in [0.1, 0.15) is 18.8 Å². The van der Waals surface area contributed by atoms with Gasteiger partial charge in [-0.2, -0.15) is 0 Å². The number of amides is 2. The van der Waals surface area contributed by atoms with Crippen molar-refractivity contribution in [2.75, 3.05) is 13.2 Å². The Balaban J connectivity index is 1.38. The molecule has 2 fully saturated rings. The van der Waals surface area contributed by atoms with Gasteiger partial charge in [0.2, 0.25) is 0 Å². The van der Waals surface area contributed by atoms with Crippen molar-refractivity contribution in [2.45, 2.75) is 57.3 Å². The van der Waals surface area contributed by atoms with Crippen molar-refractivity contribution in [3.63, 3.8) is 0 Å². The zero-order chi connectivity index (χ0) is 20.2. The summed E-state index contributed by atoms with van der Waals surface area (Å²) < 4.78 is 6.34. The molecule has 158 valence electrons. The van der Waals surface area contributed by atoms with Crippen molar-refractivity contribution in [2.24, 2.45) is 17.3 Å². The second-order valence-electron chi connectivity index (χ2n) is 8.93. The van der Waals surface area contributed by atoms with E-state index in [2.05, 4.69) is 23.8 Å². The van der Waals surface area contributed by atoms with E-state index in [0.717, 1.165) is 25.0 Å². The zero-order valence-electron chi connectivity index (χ0n) is 16.4. The first-order chi connectivity index (χ1) is 13.9. The zero-order valence-corrected chi connectivity index (χ0v) is 16.4. The highest BCUT2D eigenvalue weighted by Crippen LogP contribution is 2.59. The number of hydrogen-bond acceptors (Lipinski definition) is 7. The van der Waals surface area contributed by atoms with Crippen LogP contribution in [0.1, 0.15) is 39.0 Å². The molecule has 9 nitrogen and oxygen atoms in total. The highest BCUT2D eigenvalue weighted by Gasteiger charge is 2.56. The number of nitrogens with one attached hydrogen (secondary N) is 2. The summed E-state index contributed by atoms with van der Waals surface area (Å²) in [6, 6.07) is -0.765. The predicted molar refractivity (Wildman–Crippen MR) is 99.4 cm³/mol. The van der Waals surface area contributed by atoms with E-state index < -0.39 is 24.1 Å². The smallest absolute Gasteiger partial charge is 0.432 e. The topological polar surface area (TPSA) is 109 Å². The van der Waals surface area contributed by atoms with Crippen LogP contribution in [0.25, 0.3) is 0 Å². The van der Waals surface area contributed by atoms with Crippen LogP contribution in [-0.2, 0) is 19.2 Å². The van der Waals surface area contributed by atoms with Crippen LogP contribution in [-0.4, -0.2) is 53.6 Å². The van der Waals surface area contributed by atoms with E-state index >= 15 is 0 Å². The first-order valence-electron chi connectivity index (χ1n) is 10.4. The van der Waals surface area contributed by atoms with Gasteiger partial charge in [0.15, 0.2) is 0 Å². The van der Waals surface area contributed by atoms with Crippen LogP contribution in [0.15, 0.2) is 23.6 Å². The summed E-state index contributed by atoms with van der Waals surface area (Å²) >= 11 is 0. The number of aliphatic hydroxyl groups excluding tert-OH is 1. The largest absolute Gasteiger partial charge is 0.493 e. The second-order valence-corrected chi connectivity index (χ2v) is 8.93. The third-order valence-electron chi connectivity index (χ3n) is 6.82. The molecule has 2 amide bonds. The van der Waals surface area contributed by atoms with Crippen molar-refractivity contribution in [1.82, 2.24) is 15.9 Å². The molecule has 3 heterocycles. The van der Waals surface area contributed by atoms with Crippen LogP contribution in [0.3, 0.4) is 0 Å². The van der Waals surface area contributed by atoms with E-state index in [1.54, 1.807) is 0 Å². The maximum atomic E-state index is 12.3. The molecule has 9 heteroatoms. The molecule has 6 atom stereocenters. The summed E-state index contributed by atoms with van der Waals surface area (Å²) in [5.41, 5.74) is 3.29. The molecule has 0 bridgehead atoms. The number of aliphatic hydroxyl groups is 1. The molecule has 5 aliphatic rings. The maximum absolute atomic E-state index is 12.3. The average molecular weight is 405 g/mol. The molecular formula is C20H27N3O6. The number of carbonyl (C=O) groups excluding carboxylic acids is 2. The van der Waals surface area contributed by atoms with E-state index in [9.17, 15) is 14.7 Å². The van der Waals surface area contributed by atoms with Gasteiger partial charge in [-0.25, -0.2) is 15.3 Å². The predicted octanol–water partition coefficient (Wildman–Crippen LogP) is 1.12. The van der Waals surface area contributed by atoms with Gasteiger partial charge < -0.3 is 20.0 Å². The fraction of sp³-hybridized carbons (Fsp3) is 0.700. The van der Waals surface area contributed by atoms with Gasteiger partial charge in [-0.3, -0.25) is 9.63 Å². The van der Waals surface area contributed by atoms with Crippen LogP contribution >= 0.6 is 0 Å². The van der Waals surface area contributed by atoms with Crippen LogP contribution < -0.4 is 10.8 Å². The Labute approximate surface area is 168 Å².